The molecule has 106 valence electrons. The van der Waals surface area contributed by atoms with Crippen molar-refractivity contribution in [3.8, 4) is 11.5 Å². The number of ether oxygens (including phenoxy) is 2. The predicted molar refractivity (Wildman–Crippen MR) is 91.0 cm³/mol. The van der Waals surface area contributed by atoms with Gasteiger partial charge in [0.15, 0.2) is 0 Å². The SMILES string of the molecule is COc1cc(CNc2ccc(I)cc2Cl)cc(OC)c1. The number of nitrogens with one attached hydrogen (secondary N) is 1. The van der Waals surface area contributed by atoms with Crippen molar-refractivity contribution in [3.05, 3.63) is 50.6 Å². The zero-order valence-corrected chi connectivity index (χ0v) is 14.2. The van der Waals surface area contributed by atoms with Crippen molar-refractivity contribution in [2.75, 3.05) is 19.5 Å². The highest BCUT2D eigenvalue weighted by Crippen LogP contribution is 2.26. The summed E-state index contributed by atoms with van der Waals surface area (Å²) in [6, 6.07) is 11.7. The minimum Gasteiger partial charge on any atom is -0.497 e. The first-order valence-electron chi connectivity index (χ1n) is 6.03. The molecule has 3 nitrogen and oxygen atoms in total. The summed E-state index contributed by atoms with van der Waals surface area (Å²) < 4.78 is 11.6. The van der Waals surface area contributed by atoms with E-state index in [2.05, 4.69) is 27.9 Å². The third-order valence-corrected chi connectivity index (χ3v) is 3.81. The first-order valence-corrected chi connectivity index (χ1v) is 7.49. The molecule has 20 heavy (non-hydrogen) atoms. The Morgan fingerprint density at radius 1 is 1.05 bits per heavy atom. The number of rotatable bonds is 5. The maximum absolute atomic E-state index is 6.20. The van der Waals surface area contributed by atoms with E-state index in [1.165, 1.54) is 0 Å². The molecule has 0 unspecified atom stereocenters. The Labute approximate surface area is 137 Å². The fraction of sp³-hybridized carbons (Fsp3) is 0.200. The molecule has 1 N–H and O–H groups in total. The minimum atomic E-state index is 0.647. The highest BCUT2D eigenvalue weighted by atomic mass is 127. The van der Waals surface area contributed by atoms with E-state index in [4.69, 9.17) is 21.1 Å². The lowest BCUT2D eigenvalue weighted by Crippen LogP contribution is -2.01. The van der Waals surface area contributed by atoms with Gasteiger partial charge < -0.3 is 14.8 Å². The zero-order chi connectivity index (χ0) is 14.5. The van der Waals surface area contributed by atoms with E-state index in [0.717, 1.165) is 26.3 Å². The van der Waals surface area contributed by atoms with Crippen LogP contribution in [-0.4, -0.2) is 14.2 Å². The van der Waals surface area contributed by atoms with Crippen LogP contribution in [0.4, 0.5) is 5.69 Å². The van der Waals surface area contributed by atoms with Crippen molar-refractivity contribution in [2.45, 2.75) is 6.54 Å². The van der Waals surface area contributed by atoms with Crippen LogP contribution in [0.1, 0.15) is 5.56 Å². The maximum atomic E-state index is 6.20. The first-order chi connectivity index (χ1) is 9.62. The standard InChI is InChI=1S/C15H15ClINO2/c1-19-12-5-10(6-13(8-12)20-2)9-18-15-4-3-11(17)7-14(15)16/h3-8,18H,9H2,1-2H3. The molecule has 5 heteroatoms. The smallest absolute Gasteiger partial charge is 0.122 e. The van der Waals surface area contributed by atoms with Gasteiger partial charge >= 0.3 is 0 Å². The van der Waals surface area contributed by atoms with Crippen molar-refractivity contribution >= 4 is 39.9 Å². The molecule has 0 amide bonds. The molecule has 0 aromatic heterocycles. The van der Waals surface area contributed by atoms with Gasteiger partial charge in [-0.25, -0.2) is 0 Å². The Balaban J connectivity index is 2.13. The second kappa shape index (κ2) is 7.04. The van der Waals surface area contributed by atoms with Gasteiger partial charge in [0, 0.05) is 16.2 Å². The third-order valence-electron chi connectivity index (χ3n) is 2.83. The zero-order valence-electron chi connectivity index (χ0n) is 11.2. The van der Waals surface area contributed by atoms with E-state index >= 15 is 0 Å². The monoisotopic (exact) mass is 403 g/mol. The molecule has 0 saturated heterocycles. The van der Waals surface area contributed by atoms with Crippen LogP contribution in [0.5, 0.6) is 11.5 Å². The van der Waals surface area contributed by atoms with Crippen LogP contribution in [0, 0.1) is 3.57 Å². The lowest BCUT2D eigenvalue weighted by Gasteiger charge is -2.11. The minimum absolute atomic E-state index is 0.647. The van der Waals surface area contributed by atoms with E-state index in [0.29, 0.717) is 11.6 Å². The van der Waals surface area contributed by atoms with E-state index in [1.807, 2.05) is 36.4 Å². The molecule has 0 aliphatic carbocycles. The second-order valence-corrected chi connectivity index (χ2v) is 5.85. The molecule has 2 aromatic rings. The number of anilines is 1. The topological polar surface area (TPSA) is 30.5 Å². The van der Waals surface area contributed by atoms with Gasteiger partial charge in [-0.2, -0.15) is 0 Å². The summed E-state index contributed by atoms with van der Waals surface area (Å²) in [5.41, 5.74) is 1.98. The summed E-state index contributed by atoms with van der Waals surface area (Å²) in [6.45, 7) is 0.647. The van der Waals surface area contributed by atoms with Crippen molar-refractivity contribution in [3.63, 3.8) is 0 Å². The fourth-order valence-electron chi connectivity index (χ4n) is 1.80. The van der Waals surface area contributed by atoms with E-state index in [9.17, 15) is 0 Å². The van der Waals surface area contributed by atoms with E-state index in [-0.39, 0.29) is 0 Å². The van der Waals surface area contributed by atoms with Gasteiger partial charge in [-0.05, 0) is 58.5 Å². The molecule has 0 aliphatic rings. The van der Waals surface area contributed by atoms with Crippen LogP contribution in [0.15, 0.2) is 36.4 Å². The van der Waals surface area contributed by atoms with Gasteiger partial charge in [0.2, 0.25) is 0 Å². The first kappa shape index (κ1) is 15.3. The quantitative estimate of drug-likeness (QED) is 0.742. The average molecular weight is 404 g/mol. The van der Waals surface area contributed by atoms with Crippen molar-refractivity contribution in [1.29, 1.82) is 0 Å². The molecule has 0 heterocycles. The van der Waals surface area contributed by atoms with Crippen LogP contribution in [0.3, 0.4) is 0 Å². The Kier molecular flexibility index (Phi) is 5.37. The Morgan fingerprint density at radius 3 is 2.25 bits per heavy atom. The summed E-state index contributed by atoms with van der Waals surface area (Å²) in [5, 5.41) is 4.03. The Hall–Kier alpha value is -1.14. The van der Waals surface area contributed by atoms with E-state index < -0.39 is 0 Å². The molecular formula is C15H15ClINO2. The number of benzene rings is 2. The van der Waals surface area contributed by atoms with E-state index in [1.54, 1.807) is 14.2 Å². The van der Waals surface area contributed by atoms with Crippen LogP contribution in [-0.2, 0) is 6.54 Å². The summed E-state index contributed by atoms with van der Waals surface area (Å²) in [7, 11) is 3.28. The summed E-state index contributed by atoms with van der Waals surface area (Å²) >= 11 is 8.43. The van der Waals surface area contributed by atoms with Gasteiger partial charge in [-0.1, -0.05) is 11.6 Å². The van der Waals surface area contributed by atoms with Crippen molar-refractivity contribution in [2.24, 2.45) is 0 Å². The molecule has 0 spiro atoms. The number of hydrogen-bond donors (Lipinski definition) is 1. The highest BCUT2D eigenvalue weighted by molar-refractivity contribution is 14.1. The molecule has 0 aliphatic heterocycles. The molecule has 0 atom stereocenters. The molecular weight excluding hydrogens is 389 g/mol. The predicted octanol–water partition coefficient (Wildman–Crippen LogP) is 4.57. The van der Waals surface area contributed by atoms with Crippen LogP contribution in [0.2, 0.25) is 5.02 Å². The molecule has 0 bridgehead atoms. The molecule has 2 rings (SSSR count). The molecule has 0 radical (unpaired) electrons. The molecule has 0 saturated carbocycles. The second-order valence-electron chi connectivity index (χ2n) is 4.20. The molecule has 2 aromatic carbocycles. The maximum Gasteiger partial charge on any atom is 0.122 e. The van der Waals surface area contributed by atoms with Crippen LogP contribution < -0.4 is 14.8 Å². The summed E-state index contributed by atoms with van der Waals surface area (Å²) in [4.78, 5) is 0. The van der Waals surface area contributed by atoms with Gasteiger partial charge in [-0.15, -0.1) is 0 Å². The molecule has 0 fully saturated rings. The number of halogens is 2. The van der Waals surface area contributed by atoms with Gasteiger partial charge in [0.1, 0.15) is 11.5 Å². The summed E-state index contributed by atoms with van der Waals surface area (Å²) in [6.07, 6.45) is 0. The van der Waals surface area contributed by atoms with Crippen LogP contribution >= 0.6 is 34.2 Å². The number of methoxy groups -OCH3 is 2. The number of hydrogen-bond acceptors (Lipinski definition) is 3. The van der Waals surface area contributed by atoms with Crippen molar-refractivity contribution < 1.29 is 9.47 Å². The van der Waals surface area contributed by atoms with Gasteiger partial charge in [0.05, 0.1) is 24.9 Å². The fourth-order valence-corrected chi connectivity index (χ4v) is 2.72. The highest BCUT2D eigenvalue weighted by Gasteiger charge is 2.04. The lowest BCUT2D eigenvalue weighted by atomic mass is 10.2. The average Bonchev–Trinajstić information content (AvgIpc) is 2.46. The Bertz CT molecular complexity index is 582. The van der Waals surface area contributed by atoms with Crippen LogP contribution in [0.25, 0.3) is 0 Å². The normalized spacial score (nSPS) is 10.2. The largest absolute Gasteiger partial charge is 0.497 e. The summed E-state index contributed by atoms with van der Waals surface area (Å²) in [5.74, 6) is 1.55. The van der Waals surface area contributed by atoms with Gasteiger partial charge in [0.25, 0.3) is 0 Å². The van der Waals surface area contributed by atoms with Crippen molar-refractivity contribution in [1.82, 2.24) is 0 Å². The lowest BCUT2D eigenvalue weighted by molar-refractivity contribution is 0.393. The van der Waals surface area contributed by atoms with Gasteiger partial charge in [-0.3, -0.25) is 0 Å². The third kappa shape index (κ3) is 3.93. The Morgan fingerprint density at radius 2 is 1.70 bits per heavy atom.